The Labute approximate surface area is 217 Å². The van der Waals surface area contributed by atoms with Crippen molar-refractivity contribution in [3.05, 3.63) is 42.1 Å². The number of hydrogen-bond donors (Lipinski definition) is 3. The summed E-state index contributed by atoms with van der Waals surface area (Å²) in [7, 11) is -3.52. The van der Waals surface area contributed by atoms with Gasteiger partial charge in [-0.3, -0.25) is 9.79 Å². The Kier molecular flexibility index (Phi) is 7.53. The van der Waals surface area contributed by atoms with E-state index < -0.39 is 21.7 Å². The number of aliphatic imine (C=N–C) groups is 1. The Hall–Kier alpha value is -2.53. The molecule has 1 saturated heterocycles. The second-order valence-corrected chi connectivity index (χ2v) is 12.5. The van der Waals surface area contributed by atoms with Crippen molar-refractivity contribution in [1.29, 1.82) is 0 Å². The number of amidine groups is 1. The molecule has 2 aliphatic heterocycles. The summed E-state index contributed by atoms with van der Waals surface area (Å²) < 4.78 is 29.5. The van der Waals surface area contributed by atoms with Crippen molar-refractivity contribution in [3.63, 3.8) is 0 Å². The molecule has 37 heavy (non-hydrogen) atoms. The summed E-state index contributed by atoms with van der Waals surface area (Å²) in [5.41, 5.74) is 0.970. The van der Waals surface area contributed by atoms with Crippen LogP contribution in [0.4, 0.5) is 0 Å². The van der Waals surface area contributed by atoms with E-state index in [1.165, 1.54) is 23.6 Å². The average Bonchev–Trinajstić information content (AvgIpc) is 3.46. The zero-order chi connectivity index (χ0) is 26.0. The summed E-state index contributed by atoms with van der Waals surface area (Å²) >= 11 is 0. The first kappa shape index (κ1) is 26.1. The van der Waals surface area contributed by atoms with Crippen LogP contribution in [0.25, 0.3) is 17.0 Å². The normalized spacial score (nSPS) is 22.1. The maximum absolute atomic E-state index is 13.1. The number of piperidine rings is 1. The molecule has 9 nitrogen and oxygen atoms in total. The molecule has 1 spiro atoms. The lowest BCUT2D eigenvalue weighted by Crippen LogP contribution is -2.50. The molecular formula is C27H36N4O5S. The molecule has 1 atom stereocenters. The molecule has 1 amide bonds. The molecule has 2 fully saturated rings. The van der Waals surface area contributed by atoms with Crippen LogP contribution in [0.1, 0.15) is 50.5 Å². The molecule has 0 unspecified atom stereocenters. The number of carbonyl (C=O) groups excluding carboxylic acids is 1. The Morgan fingerprint density at radius 2 is 1.92 bits per heavy atom. The van der Waals surface area contributed by atoms with Gasteiger partial charge in [-0.15, -0.1) is 0 Å². The Balaban J connectivity index is 1.22. The molecule has 2 aromatic rings. The second kappa shape index (κ2) is 10.7. The van der Waals surface area contributed by atoms with Crippen molar-refractivity contribution in [1.82, 2.24) is 14.2 Å². The van der Waals surface area contributed by atoms with Crippen LogP contribution in [0.15, 0.2) is 41.5 Å². The van der Waals surface area contributed by atoms with Crippen molar-refractivity contribution in [3.8, 4) is 0 Å². The molecular weight excluding hydrogens is 492 g/mol. The molecule has 1 aromatic carbocycles. The van der Waals surface area contributed by atoms with E-state index in [9.17, 15) is 18.3 Å². The third-order valence-corrected chi connectivity index (χ3v) is 9.77. The van der Waals surface area contributed by atoms with Crippen LogP contribution in [-0.4, -0.2) is 76.3 Å². The minimum atomic E-state index is -3.52. The summed E-state index contributed by atoms with van der Waals surface area (Å²) in [5, 5.41) is 22.9. The summed E-state index contributed by atoms with van der Waals surface area (Å²) in [6, 6.07) is 7.66. The first-order chi connectivity index (χ1) is 17.8. The van der Waals surface area contributed by atoms with E-state index >= 15 is 0 Å². The van der Waals surface area contributed by atoms with Crippen molar-refractivity contribution < 1.29 is 23.4 Å². The lowest BCUT2D eigenvalue weighted by Gasteiger charge is -2.34. The minimum absolute atomic E-state index is 0.0726. The van der Waals surface area contributed by atoms with E-state index in [1.54, 1.807) is 6.08 Å². The van der Waals surface area contributed by atoms with E-state index in [0.717, 1.165) is 35.1 Å². The highest BCUT2D eigenvalue weighted by molar-refractivity contribution is 7.89. The lowest BCUT2D eigenvalue weighted by molar-refractivity contribution is -0.125. The Morgan fingerprint density at radius 3 is 2.65 bits per heavy atom. The highest BCUT2D eigenvalue weighted by atomic mass is 32.2. The van der Waals surface area contributed by atoms with Gasteiger partial charge in [-0.05, 0) is 43.4 Å². The molecule has 0 bridgehead atoms. The van der Waals surface area contributed by atoms with Gasteiger partial charge in [0.15, 0.2) is 0 Å². The van der Waals surface area contributed by atoms with Gasteiger partial charge >= 0.3 is 0 Å². The number of nitrogens with zero attached hydrogens (tertiary/aromatic N) is 3. The molecule has 1 aromatic heterocycles. The quantitative estimate of drug-likeness (QED) is 0.485. The molecule has 5 rings (SSSR count). The lowest BCUT2D eigenvalue weighted by atomic mass is 9.88. The molecule has 3 aliphatic rings. The largest absolute Gasteiger partial charge is 0.394 e. The van der Waals surface area contributed by atoms with Crippen LogP contribution in [0.2, 0.25) is 0 Å². The van der Waals surface area contributed by atoms with Crippen LogP contribution in [-0.2, 0) is 21.4 Å². The van der Waals surface area contributed by atoms with Crippen LogP contribution < -0.4 is 5.32 Å². The van der Waals surface area contributed by atoms with Gasteiger partial charge in [-0.2, -0.15) is 0 Å². The number of aromatic nitrogens is 1. The van der Waals surface area contributed by atoms with Gasteiger partial charge in [0.25, 0.3) is 5.91 Å². The van der Waals surface area contributed by atoms with Crippen LogP contribution in [0.3, 0.4) is 0 Å². The van der Waals surface area contributed by atoms with E-state index in [4.69, 9.17) is 10.1 Å². The zero-order valence-corrected chi connectivity index (χ0v) is 21.9. The van der Waals surface area contributed by atoms with Gasteiger partial charge in [-0.1, -0.05) is 43.5 Å². The second-order valence-electron chi connectivity index (χ2n) is 10.5. The van der Waals surface area contributed by atoms with Crippen molar-refractivity contribution in [2.24, 2.45) is 10.9 Å². The number of aliphatic hydroxyl groups is 2. The van der Waals surface area contributed by atoms with Gasteiger partial charge in [-0.25, -0.2) is 12.7 Å². The van der Waals surface area contributed by atoms with Crippen LogP contribution >= 0.6 is 0 Å². The van der Waals surface area contributed by atoms with Crippen LogP contribution in [0, 0.1) is 5.92 Å². The monoisotopic (exact) mass is 528 g/mol. The highest BCUT2D eigenvalue weighted by Gasteiger charge is 2.48. The number of sulfonamides is 1. The molecule has 10 heteroatoms. The SMILES string of the molecule is O=C1NC(C2CCCCC2)=NC12CCN(S(=O)(=O)C/C=C/c1cccc3c1ccn3C[C@H](O)CO)CC2. The Bertz CT molecular complexity index is 1300. The smallest absolute Gasteiger partial charge is 0.253 e. The molecule has 1 saturated carbocycles. The standard InChI is InChI=1S/C27H36N4O5S/c32-19-22(33)18-30-14-11-23-20(8-4-10-24(23)30)9-5-17-37(35,36)31-15-12-27(13-16-31)26(34)28-25(29-27)21-6-2-1-3-7-21/h4-5,8-11,14,21-22,32-33H,1-3,6-7,12-13,15-19H2,(H,28,29,34)/b9-5+/t22-/m0/s1. The molecule has 1 aliphatic carbocycles. The number of hydrogen-bond acceptors (Lipinski definition) is 6. The molecule has 0 radical (unpaired) electrons. The van der Waals surface area contributed by atoms with E-state index in [0.29, 0.717) is 18.8 Å². The van der Waals surface area contributed by atoms with Crippen molar-refractivity contribution in [2.45, 2.75) is 63.1 Å². The molecule has 3 heterocycles. The van der Waals surface area contributed by atoms with Gasteiger partial charge in [0.2, 0.25) is 10.0 Å². The zero-order valence-electron chi connectivity index (χ0n) is 21.1. The number of benzene rings is 1. The average molecular weight is 529 g/mol. The fourth-order valence-electron chi connectivity index (χ4n) is 5.82. The van der Waals surface area contributed by atoms with Crippen LogP contribution in [0.5, 0.6) is 0 Å². The van der Waals surface area contributed by atoms with E-state index in [-0.39, 0.29) is 37.9 Å². The highest BCUT2D eigenvalue weighted by Crippen LogP contribution is 2.35. The van der Waals surface area contributed by atoms with Gasteiger partial charge in [0.05, 0.1) is 25.0 Å². The fourth-order valence-corrected chi connectivity index (χ4v) is 7.11. The fraction of sp³-hybridized carbons (Fsp3) is 0.556. The number of amides is 1. The first-order valence-corrected chi connectivity index (χ1v) is 14.8. The van der Waals surface area contributed by atoms with Gasteiger partial charge in [0, 0.05) is 36.1 Å². The summed E-state index contributed by atoms with van der Waals surface area (Å²) in [6.07, 6.45) is 11.0. The predicted octanol–water partition coefficient (Wildman–Crippen LogP) is 2.28. The third kappa shape index (κ3) is 5.38. The predicted molar refractivity (Wildman–Crippen MR) is 144 cm³/mol. The minimum Gasteiger partial charge on any atom is -0.394 e. The summed E-state index contributed by atoms with van der Waals surface area (Å²) in [5.74, 6) is 0.947. The van der Waals surface area contributed by atoms with Crippen molar-refractivity contribution in [2.75, 3.05) is 25.4 Å². The maximum Gasteiger partial charge on any atom is 0.253 e. The third-order valence-electron chi connectivity index (χ3n) is 8.00. The first-order valence-electron chi connectivity index (χ1n) is 13.2. The molecule has 3 N–H and O–H groups in total. The number of aliphatic hydroxyl groups excluding tert-OH is 2. The number of carbonyl (C=O) groups is 1. The van der Waals surface area contributed by atoms with E-state index in [2.05, 4.69) is 5.32 Å². The Morgan fingerprint density at radius 1 is 1.16 bits per heavy atom. The topological polar surface area (TPSA) is 124 Å². The van der Waals surface area contributed by atoms with E-state index in [1.807, 2.05) is 41.1 Å². The number of nitrogens with one attached hydrogen (secondary N) is 1. The van der Waals surface area contributed by atoms with Crippen molar-refractivity contribution >= 4 is 38.7 Å². The summed E-state index contributed by atoms with van der Waals surface area (Å²) in [4.78, 5) is 17.7. The molecule has 200 valence electrons. The number of rotatable bonds is 8. The number of fused-ring (bicyclic) bond motifs is 1. The van der Waals surface area contributed by atoms with Gasteiger partial charge < -0.3 is 20.1 Å². The summed E-state index contributed by atoms with van der Waals surface area (Å²) in [6.45, 7) is 0.545. The maximum atomic E-state index is 13.1. The van der Waals surface area contributed by atoms with Gasteiger partial charge in [0.1, 0.15) is 11.4 Å².